The number of rotatable bonds is 3. The molecule has 2 heterocycles. The lowest BCUT2D eigenvalue weighted by molar-refractivity contribution is 0.0690. The molecule has 1 aromatic heterocycles. The van der Waals surface area contributed by atoms with Gasteiger partial charge in [-0.05, 0) is 24.5 Å². The van der Waals surface area contributed by atoms with Crippen molar-refractivity contribution in [2.24, 2.45) is 5.92 Å². The average Bonchev–Trinajstić information content (AvgIpc) is 2.70. The van der Waals surface area contributed by atoms with Crippen LogP contribution in [0.5, 0.6) is 0 Å². The Hall–Kier alpha value is -1.62. The zero-order valence-corrected chi connectivity index (χ0v) is 9.71. The largest absolute Gasteiger partial charge is 0.477 e. The molecule has 0 spiro atoms. The Morgan fingerprint density at radius 3 is 3.06 bits per heavy atom. The summed E-state index contributed by atoms with van der Waals surface area (Å²) in [5.41, 5.74) is 0.861. The van der Waals surface area contributed by atoms with Crippen LogP contribution in [-0.2, 0) is 0 Å². The number of pyridine rings is 1. The number of nitrogens with zero attached hydrogens (tertiary/aromatic N) is 2. The van der Waals surface area contributed by atoms with Crippen molar-refractivity contribution in [1.29, 1.82) is 0 Å². The van der Waals surface area contributed by atoms with Crippen LogP contribution in [-0.4, -0.2) is 40.4 Å². The summed E-state index contributed by atoms with van der Waals surface area (Å²) in [5.74, 6) is -0.610. The third-order valence-corrected chi connectivity index (χ3v) is 3.36. The van der Waals surface area contributed by atoms with Crippen molar-refractivity contribution in [3.05, 3.63) is 24.0 Å². The van der Waals surface area contributed by atoms with E-state index in [4.69, 9.17) is 5.11 Å². The van der Waals surface area contributed by atoms with E-state index in [1.54, 1.807) is 12.1 Å². The lowest BCUT2D eigenvalue weighted by Gasteiger charge is -2.27. The zero-order chi connectivity index (χ0) is 12.4. The molecule has 0 bridgehead atoms. The highest BCUT2D eigenvalue weighted by Gasteiger charge is 2.30. The molecule has 92 valence electrons. The molecule has 17 heavy (non-hydrogen) atoms. The summed E-state index contributed by atoms with van der Waals surface area (Å²) < 4.78 is 0. The lowest BCUT2D eigenvalue weighted by atomic mass is 10.0. The minimum atomic E-state index is -1.03. The number of anilines is 1. The lowest BCUT2D eigenvalue weighted by Crippen LogP contribution is -2.35. The smallest absolute Gasteiger partial charge is 0.354 e. The Morgan fingerprint density at radius 2 is 2.41 bits per heavy atom. The van der Waals surface area contributed by atoms with Gasteiger partial charge in [0.25, 0.3) is 0 Å². The van der Waals surface area contributed by atoms with E-state index in [-0.39, 0.29) is 18.3 Å². The molecule has 0 amide bonds. The Morgan fingerprint density at radius 1 is 1.65 bits per heavy atom. The first-order chi connectivity index (χ1) is 8.13. The van der Waals surface area contributed by atoms with Gasteiger partial charge in [-0.2, -0.15) is 0 Å². The van der Waals surface area contributed by atoms with Crippen molar-refractivity contribution in [2.45, 2.75) is 19.4 Å². The second-order valence-corrected chi connectivity index (χ2v) is 4.41. The maximum atomic E-state index is 10.9. The Labute approximate surface area is 99.7 Å². The van der Waals surface area contributed by atoms with Crippen LogP contribution in [0.15, 0.2) is 18.3 Å². The molecule has 1 aromatic rings. The maximum absolute atomic E-state index is 10.9. The first kappa shape index (κ1) is 11.9. The van der Waals surface area contributed by atoms with Gasteiger partial charge >= 0.3 is 5.97 Å². The van der Waals surface area contributed by atoms with Gasteiger partial charge in [0.15, 0.2) is 0 Å². The SMILES string of the molecule is CC1CCN(c2ccnc(C(=O)O)c2)C1CO. The molecular weight excluding hydrogens is 220 g/mol. The van der Waals surface area contributed by atoms with Crippen LogP contribution in [0.25, 0.3) is 0 Å². The van der Waals surface area contributed by atoms with Gasteiger partial charge in [-0.3, -0.25) is 0 Å². The molecule has 2 N–H and O–H groups in total. The summed E-state index contributed by atoms with van der Waals surface area (Å²) in [6, 6.07) is 3.41. The summed E-state index contributed by atoms with van der Waals surface area (Å²) in [7, 11) is 0. The molecule has 5 nitrogen and oxygen atoms in total. The van der Waals surface area contributed by atoms with Crippen molar-refractivity contribution in [2.75, 3.05) is 18.1 Å². The number of hydrogen-bond acceptors (Lipinski definition) is 4. The Balaban J connectivity index is 2.28. The molecule has 2 atom stereocenters. The standard InChI is InChI=1S/C12H16N2O3/c1-8-3-5-14(11(8)7-15)9-2-4-13-10(6-9)12(16)17/h2,4,6,8,11,15H,3,5,7H2,1H3,(H,16,17). The number of carboxylic acid groups (broad SMARTS) is 1. The van der Waals surface area contributed by atoms with E-state index in [2.05, 4.69) is 16.8 Å². The normalized spacial score (nSPS) is 24.0. The van der Waals surface area contributed by atoms with E-state index < -0.39 is 5.97 Å². The topological polar surface area (TPSA) is 73.7 Å². The number of carbonyl (C=O) groups is 1. The van der Waals surface area contributed by atoms with E-state index in [1.165, 1.54) is 6.20 Å². The van der Waals surface area contributed by atoms with Gasteiger partial charge in [0, 0.05) is 18.4 Å². The number of hydrogen-bond donors (Lipinski definition) is 2. The molecule has 0 radical (unpaired) electrons. The molecule has 0 saturated carbocycles. The quantitative estimate of drug-likeness (QED) is 0.818. The predicted molar refractivity (Wildman–Crippen MR) is 63.2 cm³/mol. The molecule has 1 fully saturated rings. The summed E-state index contributed by atoms with van der Waals surface area (Å²) >= 11 is 0. The van der Waals surface area contributed by atoms with Gasteiger partial charge in [0.1, 0.15) is 5.69 Å². The van der Waals surface area contributed by atoms with Crippen LogP contribution in [0.3, 0.4) is 0 Å². The molecular formula is C12H16N2O3. The molecule has 0 aliphatic carbocycles. The third-order valence-electron chi connectivity index (χ3n) is 3.36. The van der Waals surface area contributed by atoms with Crippen molar-refractivity contribution in [3.8, 4) is 0 Å². The molecule has 5 heteroatoms. The number of aromatic nitrogens is 1. The summed E-state index contributed by atoms with van der Waals surface area (Å²) in [6.45, 7) is 3.03. The van der Waals surface area contributed by atoms with Crippen LogP contribution in [0.1, 0.15) is 23.8 Å². The van der Waals surface area contributed by atoms with Gasteiger partial charge in [-0.1, -0.05) is 6.92 Å². The van der Waals surface area contributed by atoms with Gasteiger partial charge in [-0.25, -0.2) is 9.78 Å². The van der Waals surface area contributed by atoms with E-state index in [1.807, 2.05) is 0 Å². The highest BCUT2D eigenvalue weighted by atomic mass is 16.4. The predicted octanol–water partition coefficient (Wildman–Crippen LogP) is 0.987. The fraction of sp³-hybridized carbons (Fsp3) is 0.500. The monoisotopic (exact) mass is 236 g/mol. The van der Waals surface area contributed by atoms with E-state index in [0.717, 1.165) is 18.7 Å². The van der Waals surface area contributed by atoms with Crippen LogP contribution in [0.2, 0.25) is 0 Å². The summed E-state index contributed by atoms with van der Waals surface area (Å²) in [5, 5.41) is 18.3. The highest BCUT2D eigenvalue weighted by molar-refractivity contribution is 5.86. The van der Waals surface area contributed by atoms with Crippen molar-refractivity contribution in [1.82, 2.24) is 4.98 Å². The fourth-order valence-electron chi connectivity index (χ4n) is 2.32. The van der Waals surface area contributed by atoms with Gasteiger partial charge in [0.2, 0.25) is 0 Å². The van der Waals surface area contributed by atoms with Crippen LogP contribution < -0.4 is 4.90 Å². The fourth-order valence-corrected chi connectivity index (χ4v) is 2.32. The van der Waals surface area contributed by atoms with Crippen molar-refractivity contribution >= 4 is 11.7 Å². The molecule has 0 aromatic carbocycles. The summed E-state index contributed by atoms with van der Waals surface area (Å²) in [4.78, 5) is 16.7. The molecule has 1 aliphatic rings. The second-order valence-electron chi connectivity index (χ2n) is 4.41. The minimum absolute atomic E-state index is 0.0405. The number of carboxylic acids is 1. The molecule has 1 aliphatic heterocycles. The van der Waals surface area contributed by atoms with E-state index >= 15 is 0 Å². The van der Waals surface area contributed by atoms with Gasteiger partial charge < -0.3 is 15.1 Å². The number of aliphatic hydroxyl groups excluding tert-OH is 1. The number of aliphatic hydroxyl groups is 1. The first-order valence-corrected chi connectivity index (χ1v) is 5.70. The van der Waals surface area contributed by atoms with Crippen molar-refractivity contribution in [3.63, 3.8) is 0 Å². The highest BCUT2D eigenvalue weighted by Crippen LogP contribution is 2.29. The van der Waals surface area contributed by atoms with Crippen LogP contribution in [0, 0.1) is 5.92 Å². The van der Waals surface area contributed by atoms with Crippen LogP contribution >= 0.6 is 0 Å². The van der Waals surface area contributed by atoms with Gasteiger partial charge in [0.05, 0.1) is 12.6 Å². The summed E-state index contributed by atoms with van der Waals surface area (Å²) in [6.07, 6.45) is 2.51. The molecule has 2 unspecified atom stereocenters. The number of aromatic carboxylic acids is 1. The Kier molecular flexibility index (Phi) is 3.28. The Bertz CT molecular complexity index is 422. The first-order valence-electron chi connectivity index (χ1n) is 5.70. The van der Waals surface area contributed by atoms with Crippen molar-refractivity contribution < 1.29 is 15.0 Å². The average molecular weight is 236 g/mol. The molecule has 2 rings (SSSR count). The third kappa shape index (κ3) is 2.24. The van der Waals surface area contributed by atoms with Crippen LogP contribution in [0.4, 0.5) is 5.69 Å². The van der Waals surface area contributed by atoms with Gasteiger partial charge in [-0.15, -0.1) is 0 Å². The maximum Gasteiger partial charge on any atom is 0.354 e. The zero-order valence-electron chi connectivity index (χ0n) is 9.71. The minimum Gasteiger partial charge on any atom is -0.477 e. The molecule has 1 saturated heterocycles. The van der Waals surface area contributed by atoms with E-state index in [9.17, 15) is 9.90 Å². The van der Waals surface area contributed by atoms with E-state index in [0.29, 0.717) is 5.92 Å². The second kappa shape index (κ2) is 4.71.